The summed E-state index contributed by atoms with van der Waals surface area (Å²) in [5.74, 6) is 0.858. The second-order valence-corrected chi connectivity index (χ2v) is 10.3. The first-order valence-corrected chi connectivity index (χ1v) is 14.4. The van der Waals surface area contributed by atoms with E-state index in [1.165, 1.54) is 0 Å². The Morgan fingerprint density at radius 2 is 1.60 bits per heavy atom. The molecular formula is C33H34LiNO4S. The summed E-state index contributed by atoms with van der Waals surface area (Å²) < 4.78 is 6.14. The number of hydrogen-bond donors (Lipinski definition) is 2. The van der Waals surface area contributed by atoms with Gasteiger partial charge in [-0.15, -0.1) is 0 Å². The van der Waals surface area contributed by atoms with Crippen LogP contribution >= 0.6 is 11.8 Å². The molecule has 1 amide bonds. The number of amides is 1. The smallest absolute Gasteiger partial charge is 1.00 e. The molecule has 0 unspecified atom stereocenters. The second-order valence-electron chi connectivity index (χ2n) is 9.36. The minimum Gasteiger partial charge on any atom is -1.00 e. The molecule has 0 saturated heterocycles. The number of carboxylic acid groups (broad SMARTS) is 1. The van der Waals surface area contributed by atoms with Crippen molar-refractivity contribution in [3.05, 3.63) is 119 Å². The first-order valence-electron chi connectivity index (χ1n) is 13.0. The molecule has 0 bridgehead atoms. The minimum absolute atomic E-state index is 0. The molecule has 0 aliphatic heterocycles. The van der Waals surface area contributed by atoms with Crippen molar-refractivity contribution in [2.75, 3.05) is 12.0 Å². The van der Waals surface area contributed by atoms with Gasteiger partial charge >= 0.3 is 24.8 Å². The van der Waals surface area contributed by atoms with Gasteiger partial charge in [0.05, 0.1) is 0 Å². The van der Waals surface area contributed by atoms with Crippen LogP contribution in [-0.2, 0) is 17.6 Å². The normalized spacial score (nSPS) is 11.2. The number of para-hydroxylation sites is 2. The molecule has 4 aromatic carbocycles. The third kappa shape index (κ3) is 8.28. The van der Waals surface area contributed by atoms with Gasteiger partial charge in [0.1, 0.15) is 17.5 Å². The molecule has 0 radical (unpaired) electrons. The zero-order chi connectivity index (χ0) is 27.6. The maximum atomic E-state index is 13.3. The van der Waals surface area contributed by atoms with Crippen molar-refractivity contribution in [2.45, 2.75) is 32.2 Å². The number of carbonyl (C=O) groups is 2. The molecule has 0 heterocycles. The third-order valence-corrected chi connectivity index (χ3v) is 7.25. The summed E-state index contributed by atoms with van der Waals surface area (Å²) in [5.41, 5.74) is 5.44. The van der Waals surface area contributed by atoms with Crippen LogP contribution in [0.1, 0.15) is 34.9 Å². The Morgan fingerprint density at radius 3 is 2.33 bits per heavy atom. The third-order valence-electron chi connectivity index (χ3n) is 6.60. The van der Waals surface area contributed by atoms with Crippen LogP contribution in [0.15, 0.2) is 97.1 Å². The summed E-state index contributed by atoms with van der Waals surface area (Å²) in [6.07, 6.45) is 3.80. The Morgan fingerprint density at radius 1 is 0.900 bits per heavy atom. The predicted octanol–water partition coefficient (Wildman–Crippen LogP) is 4.29. The van der Waals surface area contributed by atoms with Crippen LogP contribution in [0, 0.1) is 6.92 Å². The Hall–Kier alpha value is -3.43. The van der Waals surface area contributed by atoms with Crippen molar-refractivity contribution in [1.82, 2.24) is 5.32 Å². The van der Waals surface area contributed by atoms with E-state index in [-0.39, 0.29) is 26.2 Å². The van der Waals surface area contributed by atoms with E-state index in [4.69, 9.17) is 4.74 Å². The van der Waals surface area contributed by atoms with Crippen LogP contribution in [-0.4, -0.2) is 35.0 Å². The van der Waals surface area contributed by atoms with Crippen molar-refractivity contribution >= 4 is 23.6 Å². The molecule has 0 aliphatic rings. The van der Waals surface area contributed by atoms with Gasteiger partial charge in [-0.25, -0.2) is 4.79 Å². The number of carboxylic acids is 1. The van der Waals surface area contributed by atoms with Crippen molar-refractivity contribution in [3.63, 3.8) is 0 Å². The summed E-state index contributed by atoms with van der Waals surface area (Å²) in [7, 11) is 0. The largest absolute Gasteiger partial charge is 1.00 e. The van der Waals surface area contributed by atoms with Crippen LogP contribution in [0.4, 0.5) is 0 Å². The number of rotatable bonds is 12. The Labute approximate surface area is 254 Å². The molecule has 0 aromatic heterocycles. The first-order chi connectivity index (χ1) is 19.0. The van der Waals surface area contributed by atoms with Crippen molar-refractivity contribution in [2.24, 2.45) is 0 Å². The van der Waals surface area contributed by atoms with Gasteiger partial charge in [-0.1, -0.05) is 72.8 Å². The van der Waals surface area contributed by atoms with E-state index in [1.54, 1.807) is 11.8 Å². The standard InChI is InChI=1S/C33H33NO4S.Li.H/c1-23-10-6-8-14-27(23)29-22-24(17-19-28(29)32(35)34-30(33(36)37)20-21-39-2)16-18-25-11-7-9-15-31(25)38-26-12-4-3-5-13-26;;/h3-15,17,19,22,30H,16,18,20-21H2,1-2H3,(H,34,35)(H,36,37);;/q;+1;-1/t30-;;/m0../s1. The Balaban J connectivity index is 0.00000294. The average molecular weight is 548 g/mol. The molecule has 0 aliphatic carbocycles. The zero-order valence-electron chi connectivity index (χ0n) is 24.2. The molecule has 0 spiro atoms. The van der Waals surface area contributed by atoms with Crippen LogP contribution in [0.3, 0.4) is 0 Å². The minimum atomic E-state index is -1.03. The van der Waals surface area contributed by atoms with Gasteiger partial charge in [0.2, 0.25) is 0 Å². The topological polar surface area (TPSA) is 75.6 Å². The summed E-state index contributed by atoms with van der Waals surface area (Å²) in [5, 5.41) is 12.4. The van der Waals surface area contributed by atoms with Gasteiger partial charge in [-0.05, 0) is 90.3 Å². The van der Waals surface area contributed by atoms with Gasteiger partial charge in [-0.3, -0.25) is 4.79 Å². The number of benzene rings is 4. The molecule has 0 saturated carbocycles. The first kappa shape index (κ1) is 31.1. The maximum Gasteiger partial charge on any atom is 1.00 e. The molecular weight excluding hydrogens is 513 g/mol. The molecule has 4 aromatic rings. The predicted molar refractivity (Wildman–Crippen MR) is 160 cm³/mol. The molecule has 2 N–H and O–H groups in total. The number of carbonyl (C=O) groups excluding carboxylic acids is 1. The van der Waals surface area contributed by atoms with E-state index in [1.807, 2.05) is 98.1 Å². The van der Waals surface area contributed by atoms with E-state index in [0.29, 0.717) is 17.7 Å². The molecule has 0 fully saturated rings. The quantitative estimate of drug-likeness (QED) is 0.259. The van der Waals surface area contributed by atoms with E-state index in [2.05, 4.69) is 17.4 Å². The maximum absolute atomic E-state index is 13.3. The van der Waals surface area contributed by atoms with Crippen molar-refractivity contribution in [1.29, 1.82) is 0 Å². The van der Waals surface area contributed by atoms with Crippen LogP contribution in [0.5, 0.6) is 11.5 Å². The van der Waals surface area contributed by atoms with Gasteiger partial charge < -0.3 is 16.6 Å². The van der Waals surface area contributed by atoms with Gasteiger partial charge in [0.15, 0.2) is 0 Å². The summed E-state index contributed by atoms with van der Waals surface area (Å²) in [6.45, 7) is 2.01. The number of thioether (sulfide) groups is 1. The summed E-state index contributed by atoms with van der Waals surface area (Å²) in [4.78, 5) is 25.1. The number of ether oxygens (including phenoxy) is 1. The average Bonchev–Trinajstić information content (AvgIpc) is 2.95. The number of aryl methyl sites for hydroxylation is 3. The van der Waals surface area contributed by atoms with Gasteiger partial charge in [0, 0.05) is 5.56 Å². The number of aliphatic carboxylic acids is 1. The molecule has 7 heteroatoms. The Kier molecular flexibility index (Phi) is 12.0. The molecule has 4 rings (SSSR count). The molecule has 40 heavy (non-hydrogen) atoms. The summed E-state index contributed by atoms with van der Waals surface area (Å²) >= 11 is 1.56. The fraction of sp³-hybridized carbons (Fsp3) is 0.212. The fourth-order valence-electron chi connectivity index (χ4n) is 4.48. The van der Waals surface area contributed by atoms with E-state index < -0.39 is 12.0 Å². The van der Waals surface area contributed by atoms with Crippen LogP contribution in [0.2, 0.25) is 0 Å². The zero-order valence-corrected chi connectivity index (χ0v) is 24.0. The number of nitrogens with one attached hydrogen (secondary N) is 1. The van der Waals surface area contributed by atoms with Gasteiger partial charge in [-0.2, -0.15) is 11.8 Å². The van der Waals surface area contributed by atoms with E-state index >= 15 is 0 Å². The summed E-state index contributed by atoms with van der Waals surface area (Å²) in [6, 6.07) is 30.6. The van der Waals surface area contributed by atoms with Crippen molar-refractivity contribution < 1.29 is 39.7 Å². The van der Waals surface area contributed by atoms with E-state index in [0.717, 1.165) is 52.2 Å². The van der Waals surface area contributed by atoms with Crippen molar-refractivity contribution in [3.8, 4) is 22.6 Å². The molecule has 202 valence electrons. The van der Waals surface area contributed by atoms with Crippen LogP contribution in [0.25, 0.3) is 11.1 Å². The molecule has 5 nitrogen and oxygen atoms in total. The second kappa shape index (κ2) is 15.4. The Bertz CT molecular complexity index is 1430. The number of hydrogen-bond acceptors (Lipinski definition) is 4. The monoisotopic (exact) mass is 547 g/mol. The van der Waals surface area contributed by atoms with Crippen LogP contribution < -0.4 is 28.9 Å². The SMILES string of the molecule is CSCC[C@H](NC(=O)c1ccc(CCc2ccccc2Oc2ccccc2)cc1-c1ccccc1C)C(=O)O.[H-].[Li+]. The van der Waals surface area contributed by atoms with Gasteiger partial charge in [0.25, 0.3) is 5.91 Å². The van der Waals surface area contributed by atoms with E-state index in [9.17, 15) is 14.7 Å². The molecule has 1 atom stereocenters. The fourth-order valence-corrected chi connectivity index (χ4v) is 4.95.